The van der Waals surface area contributed by atoms with Crippen LogP contribution in [0.25, 0.3) is 0 Å². The number of anilines is 1. The molecule has 8 heteroatoms. The number of rotatable bonds is 7. The third kappa shape index (κ3) is 5.91. The molecule has 1 aromatic carbocycles. The van der Waals surface area contributed by atoms with Crippen molar-refractivity contribution in [1.29, 1.82) is 5.26 Å². The fraction of sp³-hybridized carbons (Fsp3) is 0.353. The van der Waals surface area contributed by atoms with Crippen LogP contribution in [-0.2, 0) is 9.53 Å². The summed E-state index contributed by atoms with van der Waals surface area (Å²) >= 11 is 0. The lowest BCUT2D eigenvalue weighted by atomic mass is 10.2. The van der Waals surface area contributed by atoms with Crippen molar-refractivity contribution >= 4 is 17.6 Å². The minimum absolute atomic E-state index is 0.0516. The van der Waals surface area contributed by atoms with E-state index in [0.717, 1.165) is 13.1 Å². The smallest absolute Gasteiger partial charge is 0.335 e. The highest BCUT2D eigenvalue weighted by Crippen LogP contribution is 2.10. The molecule has 0 radical (unpaired) electrons. The molecule has 0 saturated carbocycles. The fourth-order valence-electron chi connectivity index (χ4n) is 2.26. The van der Waals surface area contributed by atoms with E-state index in [9.17, 15) is 9.59 Å². The van der Waals surface area contributed by atoms with Crippen molar-refractivity contribution in [3.63, 3.8) is 0 Å². The molecule has 0 atom stereocenters. The Balaban J connectivity index is 1.82. The van der Waals surface area contributed by atoms with Gasteiger partial charge in [0.1, 0.15) is 11.6 Å². The van der Waals surface area contributed by atoms with Crippen molar-refractivity contribution in [3.05, 3.63) is 41.6 Å². The molecule has 0 aliphatic carbocycles. The van der Waals surface area contributed by atoms with E-state index in [2.05, 4.69) is 15.5 Å². The van der Waals surface area contributed by atoms with Crippen LogP contribution in [0.3, 0.4) is 0 Å². The van der Waals surface area contributed by atoms with Crippen molar-refractivity contribution in [1.82, 2.24) is 10.2 Å². The largest absolute Gasteiger partial charge is 0.478 e. The molecule has 0 aromatic heterocycles. The lowest BCUT2D eigenvalue weighted by Gasteiger charge is -2.26. The molecule has 1 aliphatic heterocycles. The van der Waals surface area contributed by atoms with Gasteiger partial charge in [0.05, 0.1) is 18.8 Å². The van der Waals surface area contributed by atoms with Crippen molar-refractivity contribution in [2.45, 2.75) is 0 Å². The number of aromatic carboxylic acids is 1. The number of nitrogens with zero attached hydrogens (tertiary/aromatic N) is 2. The molecule has 2 rings (SSSR count). The zero-order valence-electron chi connectivity index (χ0n) is 13.7. The minimum Gasteiger partial charge on any atom is -0.478 e. The Bertz CT molecular complexity index is 673. The number of amides is 1. The zero-order chi connectivity index (χ0) is 18.1. The fourth-order valence-corrected chi connectivity index (χ4v) is 2.26. The Hall–Kier alpha value is -2.89. The van der Waals surface area contributed by atoms with Crippen LogP contribution < -0.4 is 10.6 Å². The van der Waals surface area contributed by atoms with Gasteiger partial charge < -0.3 is 20.5 Å². The summed E-state index contributed by atoms with van der Waals surface area (Å²) in [6, 6.07) is 7.85. The SMILES string of the molecule is N#C/C(=C/Nc1ccc(C(=O)O)cc1)C(=O)NCCN1CCOCC1. The summed E-state index contributed by atoms with van der Waals surface area (Å²) in [7, 11) is 0. The van der Waals surface area contributed by atoms with Crippen LogP contribution in [0.1, 0.15) is 10.4 Å². The van der Waals surface area contributed by atoms with Gasteiger partial charge in [-0.25, -0.2) is 4.79 Å². The topological polar surface area (TPSA) is 115 Å². The summed E-state index contributed by atoms with van der Waals surface area (Å²) in [5.74, 6) is -1.47. The average Bonchev–Trinajstić information content (AvgIpc) is 2.63. The van der Waals surface area contributed by atoms with Crippen LogP contribution >= 0.6 is 0 Å². The predicted molar refractivity (Wildman–Crippen MR) is 91.0 cm³/mol. The van der Waals surface area contributed by atoms with Gasteiger partial charge in [-0.15, -0.1) is 0 Å². The van der Waals surface area contributed by atoms with Gasteiger partial charge in [0.15, 0.2) is 0 Å². The van der Waals surface area contributed by atoms with Gasteiger partial charge in [-0.05, 0) is 24.3 Å². The van der Waals surface area contributed by atoms with Crippen molar-refractivity contribution in [2.24, 2.45) is 0 Å². The Morgan fingerprint density at radius 1 is 1.28 bits per heavy atom. The highest BCUT2D eigenvalue weighted by molar-refractivity contribution is 5.97. The van der Waals surface area contributed by atoms with Gasteiger partial charge in [0.25, 0.3) is 5.91 Å². The number of ether oxygens (including phenoxy) is 1. The maximum absolute atomic E-state index is 12.0. The highest BCUT2D eigenvalue weighted by atomic mass is 16.5. The number of carbonyl (C=O) groups is 2. The van der Waals surface area contributed by atoms with Gasteiger partial charge in [0.2, 0.25) is 0 Å². The van der Waals surface area contributed by atoms with E-state index >= 15 is 0 Å². The van der Waals surface area contributed by atoms with Crippen molar-refractivity contribution in [3.8, 4) is 6.07 Å². The number of carboxylic acid groups (broad SMARTS) is 1. The second-order valence-corrected chi connectivity index (χ2v) is 5.41. The number of morpholine rings is 1. The maximum Gasteiger partial charge on any atom is 0.335 e. The molecule has 132 valence electrons. The molecule has 0 bridgehead atoms. The monoisotopic (exact) mass is 344 g/mol. The Morgan fingerprint density at radius 2 is 1.96 bits per heavy atom. The first-order valence-electron chi connectivity index (χ1n) is 7.88. The summed E-state index contributed by atoms with van der Waals surface area (Å²) in [4.78, 5) is 25.0. The van der Waals surface area contributed by atoms with E-state index < -0.39 is 11.9 Å². The third-order valence-electron chi connectivity index (χ3n) is 3.70. The van der Waals surface area contributed by atoms with Crippen LogP contribution in [0.15, 0.2) is 36.0 Å². The normalized spacial score (nSPS) is 15.2. The summed E-state index contributed by atoms with van der Waals surface area (Å²) in [5.41, 5.74) is 0.694. The van der Waals surface area contributed by atoms with Crippen LogP contribution in [0.5, 0.6) is 0 Å². The molecular formula is C17H20N4O4. The van der Waals surface area contributed by atoms with Crippen LogP contribution in [-0.4, -0.2) is 61.3 Å². The van der Waals surface area contributed by atoms with E-state index in [-0.39, 0.29) is 11.1 Å². The first-order valence-corrected chi connectivity index (χ1v) is 7.88. The van der Waals surface area contributed by atoms with E-state index in [4.69, 9.17) is 15.1 Å². The molecule has 0 spiro atoms. The Morgan fingerprint density at radius 3 is 2.56 bits per heavy atom. The van der Waals surface area contributed by atoms with E-state index in [1.54, 1.807) is 12.1 Å². The van der Waals surface area contributed by atoms with E-state index in [1.165, 1.54) is 18.3 Å². The average molecular weight is 344 g/mol. The number of carbonyl (C=O) groups excluding carboxylic acids is 1. The zero-order valence-corrected chi connectivity index (χ0v) is 13.7. The lowest BCUT2D eigenvalue weighted by Crippen LogP contribution is -2.41. The summed E-state index contributed by atoms with van der Waals surface area (Å²) in [5, 5.41) is 23.5. The van der Waals surface area contributed by atoms with Gasteiger partial charge in [0, 0.05) is 38.1 Å². The molecule has 1 heterocycles. The molecule has 1 aliphatic rings. The summed E-state index contributed by atoms with van der Waals surface area (Å²) in [6.07, 6.45) is 1.31. The highest BCUT2D eigenvalue weighted by Gasteiger charge is 2.12. The first-order chi connectivity index (χ1) is 12.1. The molecule has 3 N–H and O–H groups in total. The molecule has 1 fully saturated rings. The molecule has 25 heavy (non-hydrogen) atoms. The number of carboxylic acids is 1. The third-order valence-corrected chi connectivity index (χ3v) is 3.70. The molecule has 1 saturated heterocycles. The molecule has 0 unspecified atom stereocenters. The van der Waals surface area contributed by atoms with Gasteiger partial charge in [-0.1, -0.05) is 0 Å². The summed E-state index contributed by atoms with van der Waals surface area (Å²) < 4.78 is 5.26. The Labute approximate surface area is 145 Å². The van der Waals surface area contributed by atoms with E-state index in [1.807, 2.05) is 6.07 Å². The quantitative estimate of drug-likeness (QED) is 0.491. The van der Waals surface area contributed by atoms with Gasteiger partial charge in [-0.3, -0.25) is 9.69 Å². The number of hydrogen-bond donors (Lipinski definition) is 3. The van der Waals surface area contributed by atoms with Crippen LogP contribution in [0, 0.1) is 11.3 Å². The van der Waals surface area contributed by atoms with Gasteiger partial charge >= 0.3 is 5.97 Å². The molecular weight excluding hydrogens is 324 g/mol. The van der Waals surface area contributed by atoms with Crippen LogP contribution in [0.2, 0.25) is 0 Å². The molecule has 8 nitrogen and oxygen atoms in total. The standard InChI is InChI=1S/C17H20N4O4/c18-11-14(12-20-15-3-1-13(2-4-15)17(23)24)16(22)19-5-6-21-7-9-25-10-8-21/h1-4,12,20H,5-10H2,(H,19,22)(H,23,24)/b14-12-. The van der Waals surface area contributed by atoms with Crippen molar-refractivity contribution < 1.29 is 19.4 Å². The number of benzene rings is 1. The second kappa shape index (κ2) is 9.42. The first kappa shape index (κ1) is 18.4. The number of nitrogens with one attached hydrogen (secondary N) is 2. The summed E-state index contributed by atoms with van der Waals surface area (Å²) in [6.45, 7) is 4.22. The van der Waals surface area contributed by atoms with Crippen LogP contribution in [0.4, 0.5) is 5.69 Å². The predicted octanol–water partition coefficient (Wildman–Crippen LogP) is 0.653. The molecule has 1 amide bonds. The Kier molecular flexibility index (Phi) is 6.95. The van der Waals surface area contributed by atoms with Crippen molar-refractivity contribution in [2.75, 3.05) is 44.7 Å². The van der Waals surface area contributed by atoms with E-state index in [0.29, 0.717) is 32.0 Å². The lowest BCUT2D eigenvalue weighted by molar-refractivity contribution is -0.117. The second-order valence-electron chi connectivity index (χ2n) is 5.41. The minimum atomic E-state index is -1.01. The maximum atomic E-state index is 12.0. The van der Waals surface area contributed by atoms with Gasteiger partial charge in [-0.2, -0.15) is 5.26 Å². The molecule has 1 aromatic rings. The number of nitriles is 1. The number of hydrogen-bond acceptors (Lipinski definition) is 6.